The van der Waals surface area contributed by atoms with Crippen LogP contribution in [0.3, 0.4) is 0 Å². The van der Waals surface area contributed by atoms with Crippen LogP contribution in [-0.4, -0.2) is 33.4 Å². The number of amidine groups is 1. The molecule has 5 aromatic rings. The van der Waals surface area contributed by atoms with Crippen LogP contribution in [0.4, 0.5) is 18.9 Å². The third kappa shape index (κ3) is 6.12. The van der Waals surface area contributed by atoms with Crippen LogP contribution in [-0.2, 0) is 0 Å². The first-order chi connectivity index (χ1) is 19.2. The summed E-state index contributed by atoms with van der Waals surface area (Å²) in [5, 5.41) is 7.00. The van der Waals surface area contributed by atoms with E-state index in [1.807, 2.05) is 59.3 Å². The van der Waals surface area contributed by atoms with Crippen LogP contribution in [0.1, 0.15) is 30.9 Å². The lowest BCUT2D eigenvalue weighted by Gasteiger charge is -2.10. The van der Waals surface area contributed by atoms with Gasteiger partial charge in [0.2, 0.25) is 0 Å². The van der Waals surface area contributed by atoms with Gasteiger partial charge in [0.15, 0.2) is 5.17 Å². The fourth-order valence-corrected chi connectivity index (χ4v) is 4.71. The molecule has 6 nitrogen and oxygen atoms in total. The molecular weight excluding hydrogens is 535 g/mol. The maximum absolute atomic E-state index is 12.5. The Morgan fingerprint density at radius 3 is 2.55 bits per heavy atom. The Kier molecular flexibility index (Phi) is 7.79. The van der Waals surface area contributed by atoms with Crippen LogP contribution >= 0.6 is 11.8 Å². The molecule has 0 aliphatic rings. The van der Waals surface area contributed by atoms with Crippen molar-refractivity contribution in [2.45, 2.75) is 26.1 Å². The quantitative estimate of drug-likeness (QED) is 0.129. The van der Waals surface area contributed by atoms with E-state index >= 15 is 0 Å². The summed E-state index contributed by atoms with van der Waals surface area (Å²) in [5.74, 6) is 0.0932. The molecule has 0 unspecified atom stereocenters. The highest BCUT2D eigenvalue weighted by molar-refractivity contribution is 8.13. The molecule has 0 saturated carbocycles. The van der Waals surface area contributed by atoms with E-state index in [-0.39, 0.29) is 5.75 Å². The Bertz CT molecular complexity index is 1710. The van der Waals surface area contributed by atoms with E-state index in [9.17, 15) is 13.2 Å². The molecule has 0 radical (unpaired) electrons. The molecule has 5 rings (SSSR count). The third-order valence-corrected chi connectivity index (χ3v) is 6.82. The second-order valence-electron chi connectivity index (χ2n) is 9.28. The van der Waals surface area contributed by atoms with Gasteiger partial charge < -0.3 is 4.74 Å². The molecule has 0 aliphatic heterocycles. The SMILES string of the molecule is CSC(=Nc1ccccc1C(C)C)NN=Cc1ccc2c(ccn3c(-c4ccc(OC(F)(F)F)cc4)cnc23)c1. The monoisotopic (exact) mass is 561 g/mol. The van der Waals surface area contributed by atoms with E-state index in [2.05, 4.69) is 40.2 Å². The first kappa shape index (κ1) is 27.3. The van der Waals surface area contributed by atoms with Gasteiger partial charge in [-0.05, 0) is 77.2 Å². The highest BCUT2D eigenvalue weighted by Crippen LogP contribution is 2.30. The Labute approximate surface area is 233 Å². The number of benzene rings is 3. The van der Waals surface area contributed by atoms with Crippen molar-refractivity contribution in [3.05, 3.63) is 96.3 Å². The largest absolute Gasteiger partial charge is 0.573 e. The number of ether oxygens (including phenoxy) is 1. The van der Waals surface area contributed by atoms with E-state index in [1.165, 1.54) is 29.5 Å². The van der Waals surface area contributed by atoms with Gasteiger partial charge >= 0.3 is 6.36 Å². The minimum atomic E-state index is -4.73. The number of para-hydroxylation sites is 1. The number of thioether (sulfide) groups is 1. The topological polar surface area (TPSA) is 63.3 Å². The average Bonchev–Trinajstić information content (AvgIpc) is 3.36. The molecule has 0 aliphatic carbocycles. The van der Waals surface area contributed by atoms with Crippen molar-refractivity contribution in [3.8, 4) is 17.0 Å². The summed E-state index contributed by atoms with van der Waals surface area (Å²) in [4.78, 5) is 9.33. The highest BCUT2D eigenvalue weighted by Gasteiger charge is 2.31. The number of imidazole rings is 1. The molecule has 0 amide bonds. The van der Waals surface area contributed by atoms with Crippen molar-refractivity contribution in [1.82, 2.24) is 14.8 Å². The van der Waals surface area contributed by atoms with Crippen molar-refractivity contribution in [2.75, 3.05) is 6.26 Å². The minimum absolute atomic E-state index is 0.268. The first-order valence-corrected chi connectivity index (χ1v) is 13.7. The Morgan fingerprint density at radius 1 is 1.05 bits per heavy atom. The molecule has 2 aromatic heterocycles. The highest BCUT2D eigenvalue weighted by atomic mass is 32.2. The van der Waals surface area contributed by atoms with E-state index < -0.39 is 6.36 Å². The van der Waals surface area contributed by atoms with Crippen molar-refractivity contribution in [2.24, 2.45) is 10.1 Å². The molecule has 0 saturated heterocycles. The number of pyridine rings is 1. The number of halogens is 3. The maximum atomic E-state index is 12.5. The van der Waals surface area contributed by atoms with Crippen LogP contribution in [0, 0.1) is 0 Å². The summed E-state index contributed by atoms with van der Waals surface area (Å²) in [6.45, 7) is 4.29. The van der Waals surface area contributed by atoms with E-state index in [0.29, 0.717) is 11.1 Å². The number of nitrogens with zero attached hydrogens (tertiary/aromatic N) is 4. The molecule has 10 heteroatoms. The maximum Gasteiger partial charge on any atom is 0.573 e. The summed E-state index contributed by atoms with van der Waals surface area (Å²) in [5.41, 5.74) is 8.26. The Balaban J connectivity index is 1.35. The number of aromatic nitrogens is 2. The van der Waals surface area contributed by atoms with Crippen molar-refractivity contribution in [1.29, 1.82) is 0 Å². The van der Waals surface area contributed by atoms with Gasteiger partial charge in [0.05, 0.1) is 23.8 Å². The van der Waals surface area contributed by atoms with Crippen LogP contribution < -0.4 is 10.2 Å². The van der Waals surface area contributed by atoms with Crippen LogP contribution in [0.15, 0.2) is 95.3 Å². The normalized spacial score (nSPS) is 12.6. The minimum Gasteiger partial charge on any atom is -0.406 e. The van der Waals surface area contributed by atoms with E-state index in [4.69, 9.17) is 4.99 Å². The molecular formula is C30H26F3N5OS. The van der Waals surface area contributed by atoms with Gasteiger partial charge in [-0.1, -0.05) is 49.9 Å². The number of alkyl halides is 3. The number of hydrazone groups is 1. The number of aliphatic imine (C=N–C) groups is 1. The summed E-state index contributed by atoms with van der Waals surface area (Å²) >= 11 is 1.48. The number of nitrogens with one attached hydrogen (secondary N) is 1. The van der Waals surface area contributed by atoms with Gasteiger partial charge in [-0.3, -0.25) is 9.83 Å². The van der Waals surface area contributed by atoms with Gasteiger partial charge in [0.25, 0.3) is 0 Å². The second-order valence-corrected chi connectivity index (χ2v) is 10.1. The summed E-state index contributed by atoms with van der Waals surface area (Å²) in [6, 6.07) is 21.7. The lowest BCUT2D eigenvalue weighted by atomic mass is 10.0. The first-order valence-electron chi connectivity index (χ1n) is 12.5. The molecule has 0 atom stereocenters. The van der Waals surface area contributed by atoms with Gasteiger partial charge in [-0.2, -0.15) is 5.10 Å². The molecule has 0 bridgehead atoms. The molecule has 0 spiro atoms. The van der Waals surface area contributed by atoms with Crippen molar-refractivity contribution in [3.63, 3.8) is 0 Å². The van der Waals surface area contributed by atoms with Crippen LogP contribution in [0.25, 0.3) is 27.7 Å². The zero-order chi connectivity index (χ0) is 28.3. The smallest absolute Gasteiger partial charge is 0.406 e. The summed E-state index contributed by atoms with van der Waals surface area (Å²) < 4.78 is 43.3. The molecule has 3 aromatic carbocycles. The molecule has 204 valence electrons. The Morgan fingerprint density at radius 2 is 1.82 bits per heavy atom. The van der Waals surface area contributed by atoms with Gasteiger partial charge in [0.1, 0.15) is 11.4 Å². The lowest BCUT2D eigenvalue weighted by molar-refractivity contribution is -0.274. The molecule has 1 N–H and O–H groups in total. The van der Waals surface area contributed by atoms with E-state index in [0.717, 1.165) is 38.9 Å². The fourth-order valence-electron chi connectivity index (χ4n) is 4.38. The van der Waals surface area contributed by atoms with Gasteiger partial charge in [0, 0.05) is 17.1 Å². The second kappa shape index (κ2) is 11.4. The lowest BCUT2D eigenvalue weighted by Crippen LogP contribution is -2.16. The number of rotatable bonds is 6. The predicted octanol–water partition coefficient (Wildman–Crippen LogP) is 8.15. The zero-order valence-electron chi connectivity index (χ0n) is 22.0. The third-order valence-electron chi connectivity index (χ3n) is 6.25. The standard InChI is InChI=1S/C30H26F3N5OS/c1-19(2)24-6-4-5-7-26(24)36-29(40-3)37-35-17-20-8-13-25-22(16-20)14-15-38-27(18-34-28(25)38)21-9-11-23(12-10-21)39-30(31,32)33/h4-19H,1-3H3,(H,36,37). The number of hydrogen-bond acceptors (Lipinski definition) is 5. The predicted molar refractivity (Wildman–Crippen MR) is 157 cm³/mol. The number of hydrogen-bond donors (Lipinski definition) is 1. The zero-order valence-corrected chi connectivity index (χ0v) is 22.8. The molecule has 2 heterocycles. The fraction of sp³-hybridized carbons (Fsp3) is 0.167. The summed E-state index contributed by atoms with van der Waals surface area (Å²) in [6.07, 6.45) is 2.56. The Hall–Kier alpha value is -4.31. The van der Waals surface area contributed by atoms with Gasteiger partial charge in [-0.25, -0.2) is 9.98 Å². The number of fused-ring (bicyclic) bond motifs is 3. The van der Waals surface area contributed by atoms with Crippen molar-refractivity contribution < 1.29 is 17.9 Å². The van der Waals surface area contributed by atoms with E-state index in [1.54, 1.807) is 24.5 Å². The molecule has 0 fully saturated rings. The average molecular weight is 562 g/mol. The van der Waals surface area contributed by atoms with Gasteiger partial charge in [-0.15, -0.1) is 13.2 Å². The summed E-state index contributed by atoms with van der Waals surface area (Å²) in [7, 11) is 0. The van der Waals surface area contributed by atoms with Crippen molar-refractivity contribution >= 4 is 45.3 Å². The van der Waals surface area contributed by atoms with Crippen LogP contribution in [0.2, 0.25) is 0 Å². The van der Waals surface area contributed by atoms with Crippen LogP contribution in [0.5, 0.6) is 5.75 Å². The molecule has 40 heavy (non-hydrogen) atoms.